The van der Waals surface area contributed by atoms with Crippen molar-refractivity contribution in [3.63, 3.8) is 0 Å². The molecule has 0 radical (unpaired) electrons. The summed E-state index contributed by atoms with van der Waals surface area (Å²) in [4.78, 5) is 23.8. The molecular weight excluding hydrogens is 194 g/mol. The van der Waals surface area contributed by atoms with Crippen LogP contribution < -0.4 is 0 Å². The van der Waals surface area contributed by atoms with E-state index in [1.807, 2.05) is 0 Å². The molecule has 1 heterocycles. The van der Waals surface area contributed by atoms with E-state index in [4.69, 9.17) is 4.74 Å². The number of cyclic esters (lactones) is 1. The number of amides is 1. The summed E-state index contributed by atoms with van der Waals surface area (Å²) in [5.74, 6) is 0.436. The predicted octanol–water partition coefficient (Wildman–Crippen LogP) is 1.58. The summed E-state index contributed by atoms with van der Waals surface area (Å²) in [6, 6.07) is -0.0321. The molecule has 2 rings (SSSR count). The largest absolute Gasteiger partial charge is 0.436 e. The van der Waals surface area contributed by atoms with Gasteiger partial charge in [0.1, 0.15) is 0 Å². The van der Waals surface area contributed by atoms with Crippen LogP contribution in [-0.2, 0) is 9.53 Å². The zero-order valence-corrected chi connectivity index (χ0v) is 9.02. The molecule has 15 heavy (non-hydrogen) atoms. The Balaban J connectivity index is 2.10. The molecule has 0 spiro atoms. The molecule has 1 aliphatic heterocycles. The van der Waals surface area contributed by atoms with Crippen LogP contribution in [-0.4, -0.2) is 36.5 Å². The SMILES string of the molecule is CN1C(=O)O[C@@H](C=O)[C@@H]1C1CCCCC1. The molecule has 1 aliphatic carbocycles. The lowest BCUT2D eigenvalue weighted by Gasteiger charge is -2.31. The molecule has 0 N–H and O–H groups in total. The number of hydrogen-bond acceptors (Lipinski definition) is 3. The highest BCUT2D eigenvalue weighted by Crippen LogP contribution is 2.33. The number of rotatable bonds is 2. The monoisotopic (exact) mass is 211 g/mol. The van der Waals surface area contributed by atoms with Gasteiger partial charge >= 0.3 is 6.09 Å². The number of hydrogen-bond donors (Lipinski definition) is 0. The van der Waals surface area contributed by atoms with Gasteiger partial charge in [-0.15, -0.1) is 0 Å². The van der Waals surface area contributed by atoms with Crippen molar-refractivity contribution in [1.29, 1.82) is 0 Å². The first kappa shape index (κ1) is 10.5. The van der Waals surface area contributed by atoms with Gasteiger partial charge in [-0.2, -0.15) is 0 Å². The third-order valence-electron chi connectivity index (χ3n) is 3.58. The van der Waals surface area contributed by atoms with Crippen molar-refractivity contribution in [2.45, 2.75) is 44.2 Å². The lowest BCUT2D eigenvalue weighted by Crippen LogP contribution is -2.41. The Bertz CT molecular complexity index is 261. The molecule has 4 nitrogen and oxygen atoms in total. The summed E-state index contributed by atoms with van der Waals surface area (Å²) >= 11 is 0. The average Bonchev–Trinajstić information content (AvgIpc) is 2.56. The van der Waals surface area contributed by atoms with Crippen LogP contribution in [0, 0.1) is 5.92 Å². The Hall–Kier alpha value is -1.06. The van der Waals surface area contributed by atoms with E-state index in [-0.39, 0.29) is 12.1 Å². The number of carbonyl (C=O) groups excluding carboxylic acids is 2. The second-order valence-electron chi connectivity index (χ2n) is 4.48. The first-order chi connectivity index (χ1) is 7.24. The van der Waals surface area contributed by atoms with Gasteiger partial charge in [0.15, 0.2) is 12.4 Å². The Labute approximate surface area is 89.6 Å². The molecule has 2 atom stereocenters. The molecule has 0 unspecified atom stereocenters. The van der Waals surface area contributed by atoms with Crippen molar-refractivity contribution in [3.8, 4) is 0 Å². The van der Waals surface area contributed by atoms with Crippen molar-refractivity contribution in [1.82, 2.24) is 4.90 Å². The minimum Gasteiger partial charge on any atom is -0.436 e. The van der Waals surface area contributed by atoms with Crippen molar-refractivity contribution >= 4 is 12.4 Å². The van der Waals surface area contributed by atoms with Gasteiger partial charge < -0.3 is 9.64 Å². The smallest absolute Gasteiger partial charge is 0.410 e. The van der Waals surface area contributed by atoms with Crippen molar-refractivity contribution in [3.05, 3.63) is 0 Å². The molecule has 1 amide bonds. The molecule has 1 saturated carbocycles. The topological polar surface area (TPSA) is 46.6 Å². The standard InChI is InChI=1S/C11H17NO3/c1-12-10(8-5-3-2-4-6-8)9(7-13)15-11(12)14/h7-10H,2-6H2,1H3/t9-,10-/m0/s1. The highest BCUT2D eigenvalue weighted by molar-refractivity contribution is 5.76. The maximum Gasteiger partial charge on any atom is 0.410 e. The summed E-state index contributed by atoms with van der Waals surface area (Å²) in [5, 5.41) is 0. The van der Waals surface area contributed by atoms with Gasteiger partial charge in [0.05, 0.1) is 6.04 Å². The lowest BCUT2D eigenvalue weighted by atomic mass is 9.82. The van der Waals surface area contributed by atoms with Crippen LogP contribution in [0.15, 0.2) is 0 Å². The van der Waals surface area contributed by atoms with E-state index in [0.717, 1.165) is 19.1 Å². The minimum atomic E-state index is -0.550. The van der Waals surface area contributed by atoms with E-state index in [1.165, 1.54) is 19.3 Å². The molecule has 2 aliphatic rings. The first-order valence-electron chi connectivity index (χ1n) is 5.63. The van der Waals surface area contributed by atoms with Gasteiger partial charge in [0.25, 0.3) is 0 Å². The Morgan fingerprint density at radius 2 is 2.00 bits per heavy atom. The number of nitrogens with zero attached hydrogens (tertiary/aromatic N) is 1. The van der Waals surface area contributed by atoms with Gasteiger partial charge in [0, 0.05) is 7.05 Å². The van der Waals surface area contributed by atoms with Gasteiger partial charge in [-0.1, -0.05) is 19.3 Å². The average molecular weight is 211 g/mol. The van der Waals surface area contributed by atoms with Crippen LogP contribution in [0.4, 0.5) is 4.79 Å². The lowest BCUT2D eigenvalue weighted by molar-refractivity contribution is -0.115. The second kappa shape index (κ2) is 4.21. The van der Waals surface area contributed by atoms with Crippen molar-refractivity contribution in [2.75, 3.05) is 7.05 Å². The highest BCUT2D eigenvalue weighted by atomic mass is 16.6. The fourth-order valence-electron chi connectivity index (χ4n) is 2.78. The highest BCUT2D eigenvalue weighted by Gasteiger charge is 2.43. The molecule has 0 aromatic heterocycles. The van der Waals surface area contributed by atoms with Crippen LogP contribution in [0.1, 0.15) is 32.1 Å². The van der Waals surface area contributed by atoms with Gasteiger partial charge in [-0.3, -0.25) is 4.79 Å². The fraction of sp³-hybridized carbons (Fsp3) is 0.818. The van der Waals surface area contributed by atoms with Crippen LogP contribution >= 0.6 is 0 Å². The van der Waals surface area contributed by atoms with Gasteiger partial charge in [0.2, 0.25) is 0 Å². The number of ether oxygens (including phenoxy) is 1. The normalized spacial score (nSPS) is 32.9. The molecule has 4 heteroatoms. The van der Waals surface area contributed by atoms with Gasteiger partial charge in [-0.25, -0.2) is 4.79 Å². The number of carbonyl (C=O) groups is 2. The zero-order valence-electron chi connectivity index (χ0n) is 9.02. The van der Waals surface area contributed by atoms with Gasteiger partial charge in [-0.05, 0) is 18.8 Å². The fourth-order valence-corrected chi connectivity index (χ4v) is 2.78. The van der Waals surface area contributed by atoms with E-state index in [1.54, 1.807) is 11.9 Å². The molecule has 0 bridgehead atoms. The van der Waals surface area contributed by atoms with Crippen LogP contribution in [0.3, 0.4) is 0 Å². The van der Waals surface area contributed by atoms with E-state index < -0.39 is 6.10 Å². The van der Waals surface area contributed by atoms with Crippen LogP contribution in [0.25, 0.3) is 0 Å². The summed E-state index contributed by atoms with van der Waals surface area (Å²) in [5.41, 5.74) is 0. The third kappa shape index (κ3) is 1.85. The molecule has 84 valence electrons. The summed E-state index contributed by atoms with van der Waals surface area (Å²) in [7, 11) is 1.73. The maximum absolute atomic E-state index is 11.3. The Kier molecular flexibility index (Phi) is 2.93. The molecule has 2 fully saturated rings. The van der Waals surface area contributed by atoms with Crippen LogP contribution in [0.2, 0.25) is 0 Å². The minimum absolute atomic E-state index is 0.0321. The van der Waals surface area contributed by atoms with E-state index >= 15 is 0 Å². The molecule has 0 aromatic carbocycles. The van der Waals surface area contributed by atoms with Crippen molar-refractivity contribution < 1.29 is 14.3 Å². The quantitative estimate of drug-likeness (QED) is 0.651. The van der Waals surface area contributed by atoms with Crippen molar-refractivity contribution in [2.24, 2.45) is 5.92 Å². The summed E-state index contributed by atoms with van der Waals surface area (Å²) in [6.45, 7) is 0. The molecule has 0 aromatic rings. The summed E-state index contributed by atoms with van der Waals surface area (Å²) < 4.78 is 5.01. The number of likely N-dealkylation sites (N-methyl/N-ethyl adjacent to an activating group) is 1. The predicted molar refractivity (Wildman–Crippen MR) is 54.5 cm³/mol. The number of aldehydes is 1. The Morgan fingerprint density at radius 1 is 1.33 bits per heavy atom. The Morgan fingerprint density at radius 3 is 2.60 bits per heavy atom. The van der Waals surface area contributed by atoms with E-state index in [2.05, 4.69) is 0 Å². The van der Waals surface area contributed by atoms with Crippen LogP contribution in [0.5, 0.6) is 0 Å². The molecule has 1 saturated heterocycles. The summed E-state index contributed by atoms with van der Waals surface area (Å²) in [6.07, 6.45) is 5.75. The maximum atomic E-state index is 11.3. The zero-order chi connectivity index (χ0) is 10.8. The first-order valence-corrected chi connectivity index (χ1v) is 5.63. The second-order valence-corrected chi connectivity index (χ2v) is 4.48. The van der Waals surface area contributed by atoms with E-state index in [9.17, 15) is 9.59 Å². The molecular formula is C11H17NO3. The van der Waals surface area contributed by atoms with E-state index in [0.29, 0.717) is 5.92 Å². The third-order valence-corrected chi connectivity index (χ3v) is 3.58.